The van der Waals surface area contributed by atoms with Gasteiger partial charge in [0, 0.05) is 20.0 Å². The van der Waals surface area contributed by atoms with E-state index in [0.29, 0.717) is 0 Å². The van der Waals surface area contributed by atoms with Crippen LogP contribution in [0.4, 0.5) is 0 Å². The number of hydrogen-bond acceptors (Lipinski definition) is 5. The van der Waals surface area contributed by atoms with Crippen LogP contribution in [0.1, 0.15) is 37.1 Å². The van der Waals surface area contributed by atoms with Crippen molar-refractivity contribution in [1.82, 2.24) is 13.3 Å². The SMILES string of the molecule is CCN(CC)S(=O)(=O)n1c(C(C)=O)nc(O)c1C. The van der Waals surface area contributed by atoms with Gasteiger partial charge in [0.1, 0.15) is 0 Å². The molecule has 0 aromatic carbocycles. The minimum absolute atomic E-state index is 0.0344. The fourth-order valence-electron chi connectivity index (χ4n) is 1.65. The van der Waals surface area contributed by atoms with Gasteiger partial charge in [0.25, 0.3) is 0 Å². The maximum atomic E-state index is 12.3. The summed E-state index contributed by atoms with van der Waals surface area (Å²) in [5.74, 6) is -1.25. The number of hydrogen-bond donors (Lipinski definition) is 1. The van der Waals surface area contributed by atoms with Gasteiger partial charge in [-0.15, -0.1) is 0 Å². The summed E-state index contributed by atoms with van der Waals surface area (Å²) in [6, 6.07) is 0. The molecule has 0 aliphatic carbocycles. The zero-order valence-electron chi connectivity index (χ0n) is 10.8. The minimum atomic E-state index is -3.88. The lowest BCUT2D eigenvalue weighted by Crippen LogP contribution is -2.37. The van der Waals surface area contributed by atoms with Crippen LogP contribution < -0.4 is 0 Å². The number of carbonyl (C=O) groups is 1. The maximum Gasteiger partial charge on any atom is 0.309 e. The lowest BCUT2D eigenvalue weighted by atomic mass is 10.4. The average molecular weight is 275 g/mol. The third kappa shape index (κ3) is 2.25. The Kier molecular flexibility index (Phi) is 4.12. The second-order valence-corrected chi connectivity index (χ2v) is 5.53. The van der Waals surface area contributed by atoms with Gasteiger partial charge in [-0.2, -0.15) is 17.7 Å². The summed E-state index contributed by atoms with van der Waals surface area (Å²) in [5, 5.41) is 9.49. The van der Waals surface area contributed by atoms with Crippen LogP contribution >= 0.6 is 0 Å². The van der Waals surface area contributed by atoms with Gasteiger partial charge in [0.15, 0.2) is 11.6 Å². The number of aromatic nitrogens is 2. The Morgan fingerprint density at radius 3 is 2.28 bits per heavy atom. The van der Waals surface area contributed by atoms with Gasteiger partial charge in [0.2, 0.25) is 5.88 Å². The van der Waals surface area contributed by atoms with E-state index >= 15 is 0 Å². The quantitative estimate of drug-likeness (QED) is 0.791. The molecule has 18 heavy (non-hydrogen) atoms. The first-order valence-corrected chi connectivity index (χ1v) is 6.96. The highest BCUT2D eigenvalue weighted by atomic mass is 32.2. The number of rotatable bonds is 5. The minimum Gasteiger partial charge on any atom is -0.492 e. The molecule has 0 atom stereocenters. The van der Waals surface area contributed by atoms with Crippen LogP contribution in [0.5, 0.6) is 5.88 Å². The number of aromatic hydroxyl groups is 1. The number of nitrogens with zero attached hydrogens (tertiary/aromatic N) is 3. The van der Waals surface area contributed by atoms with Crippen LogP contribution in [0.15, 0.2) is 0 Å². The Hall–Kier alpha value is -1.41. The molecule has 0 amide bonds. The lowest BCUT2D eigenvalue weighted by molar-refractivity contribution is 0.100. The normalized spacial score (nSPS) is 12.1. The fraction of sp³-hybridized carbons (Fsp3) is 0.600. The van der Waals surface area contributed by atoms with Gasteiger partial charge >= 0.3 is 10.2 Å². The molecule has 7 nitrogen and oxygen atoms in total. The summed E-state index contributed by atoms with van der Waals surface area (Å²) < 4.78 is 26.7. The van der Waals surface area contributed by atoms with Gasteiger partial charge in [-0.25, -0.2) is 3.97 Å². The number of carbonyl (C=O) groups excluding carboxylic acids is 1. The zero-order chi connectivity index (χ0) is 14.1. The Balaban J connectivity index is 3.54. The third-order valence-corrected chi connectivity index (χ3v) is 4.69. The van der Waals surface area contributed by atoms with Crippen molar-refractivity contribution in [3.8, 4) is 5.88 Å². The molecule has 1 rings (SSSR count). The van der Waals surface area contributed by atoms with Crippen molar-refractivity contribution in [3.63, 3.8) is 0 Å². The van der Waals surface area contributed by atoms with Crippen molar-refractivity contribution in [3.05, 3.63) is 11.5 Å². The number of imidazole rings is 1. The van der Waals surface area contributed by atoms with Crippen molar-refractivity contribution in [2.75, 3.05) is 13.1 Å². The standard InChI is InChI=1S/C10H17N3O4S/c1-5-12(6-2)18(16,17)13-7(3)10(15)11-9(13)8(4)14/h15H,5-6H2,1-4H3. The monoisotopic (exact) mass is 275 g/mol. The summed E-state index contributed by atoms with van der Waals surface area (Å²) in [6.45, 7) is 6.54. The molecular weight excluding hydrogens is 258 g/mol. The van der Waals surface area contributed by atoms with E-state index in [-0.39, 0.29) is 24.6 Å². The van der Waals surface area contributed by atoms with Crippen LogP contribution in [0.3, 0.4) is 0 Å². The lowest BCUT2D eigenvalue weighted by Gasteiger charge is -2.20. The smallest absolute Gasteiger partial charge is 0.309 e. The van der Waals surface area contributed by atoms with E-state index in [1.165, 1.54) is 18.2 Å². The van der Waals surface area contributed by atoms with Gasteiger partial charge in [-0.05, 0) is 6.92 Å². The maximum absolute atomic E-state index is 12.3. The molecule has 1 aromatic rings. The number of Topliss-reactive ketones (excluding diaryl/α,β-unsaturated/α-hetero) is 1. The Morgan fingerprint density at radius 2 is 1.89 bits per heavy atom. The van der Waals surface area contributed by atoms with E-state index in [1.807, 2.05) is 0 Å². The second kappa shape index (κ2) is 5.07. The van der Waals surface area contributed by atoms with E-state index in [0.717, 1.165) is 3.97 Å². The molecule has 102 valence electrons. The molecule has 0 aliphatic heterocycles. The van der Waals surface area contributed by atoms with Crippen molar-refractivity contribution in [2.45, 2.75) is 27.7 Å². The summed E-state index contributed by atoms with van der Waals surface area (Å²) in [4.78, 5) is 15.0. The zero-order valence-corrected chi connectivity index (χ0v) is 11.7. The highest BCUT2D eigenvalue weighted by Gasteiger charge is 2.29. The second-order valence-electron chi connectivity index (χ2n) is 3.76. The van der Waals surface area contributed by atoms with Gasteiger partial charge in [-0.1, -0.05) is 13.8 Å². The topological polar surface area (TPSA) is 92.5 Å². The van der Waals surface area contributed by atoms with E-state index in [2.05, 4.69) is 4.98 Å². The van der Waals surface area contributed by atoms with Crippen LogP contribution in [0.2, 0.25) is 0 Å². The Morgan fingerprint density at radius 1 is 1.39 bits per heavy atom. The first-order chi connectivity index (χ1) is 8.27. The van der Waals surface area contributed by atoms with Crippen molar-refractivity contribution in [2.24, 2.45) is 0 Å². The molecular formula is C10H17N3O4S. The van der Waals surface area contributed by atoms with Crippen molar-refractivity contribution >= 4 is 16.0 Å². The largest absolute Gasteiger partial charge is 0.492 e. The van der Waals surface area contributed by atoms with Crippen LogP contribution in [0, 0.1) is 6.92 Å². The first kappa shape index (κ1) is 14.7. The molecule has 1 aromatic heterocycles. The molecule has 0 spiro atoms. The average Bonchev–Trinajstić information content (AvgIpc) is 2.57. The van der Waals surface area contributed by atoms with Crippen LogP contribution in [-0.4, -0.2) is 45.7 Å². The van der Waals surface area contributed by atoms with E-state index in [1.54, 1.807) is 13.8 Å². The molecule has 0 radical (unpaired) electrons. The van der Waals surface area contributed by atoms with Crippen LogP contribution in [-0.2, 0) is 10.2 Å². The molecule has 0 fully saturated rings. The van der Waals surface area contributed by atoms with E-state index in [9.17, 15) is 18.3 Å². The summed E-state index contributed by atoms with van der Waals surface area (Å²) in [7, 11) is -3.88. The first-order valence-electron chi connectivity index (χ1n) is 5.57. The van der Waals surface area contributed by atoms with Crippen LogP contribution in [0.25, 0.3) is 0 Å². The fourth-order valence-corrected chi connectivity index (χ4v) is 3.34. The molecule has 8 heteroatoms. The molecule has 0 saturated carbocycles. The molecule has 0 saturated heterocycles. The third-order valence-electron chi connectivity index (χ3n) is 2.61. The van der Waals surface area contributed by atoms with Crippen molar-refractivity contribution < 1.29 is 18.3 Å². The van der Waals surface area contributed by atoms with Gasteiger partial charge in [-0.3, -0.25) is 4.79 Å². The highest BCUT2D eigenvalue weighted by molar-refractivity contribution is 7.87. The Labute approximate surface area is 106 Å². The van der Waals surface area contributed by atoms with Crippen molar-refractivity contribution in [1.29, 1.82) is 0 Å². The molecule has 0 aliphatic rings. The van der Waals surface area contributed by atoms with Gasteiger partial charge in [0.05, 0.1) is 5.69 Å². The molecule has 1 N–H and O–H groups in total. The van der Waals surface area contributed by atoms with E-state index in [4.69, 9.17) is 0 Å². The number of ketones is 1. The highest BCUT2D eigenvalue weighted by Crippen LogP contribution is 2.21. The molecule has 0 unspecified atom stereocenters. The predicted octanol–water partition coefficient (Wildman–Crippen LogP) is 0.534. The summed E-state index contributed by atoms with van der Waals surface area (Å²) >= 11 is 0. The molecule has 0 bridgehead atoms. The van der Waals surface area contributed by atoms with Gasteiger partial charge < -0.3 is 5.11 Å². The van der Waals surface area contributed by atoms with E-state index < -0.39 is 21.9 Å². The summed E-state index contributed by atoms with van der Waals surface area (Å²) in [6.07, 6.45) is 0. The Bertz CT molecular complexity index is 558. The summed E-state index contributed by atoms with van der Waals surface area (Å²) in [5.41, 5.74) is 0.0344. The predicted molar refractivity (Wildman–Crippen MR) is 65.9 cm³/mol. The molecule has 1 heterocycles.